The van der Waals surface area contributed by atoms with E-state index in [4.69, 9.17) is 14.2 Å². The van der Waals surface area contributed by atoms with Gasteiger partial charge in [-0.1, -0.05) is 37.3 Å². The van der Waals surface area contributed by atoms with Gasteiger partial charge in [0.05, 0.1) is 13.2 Å². The van der Waals surface area contributed by atoms with Crippen LogP contribution in [0.3, 0.4) is 0 Å². The van der Waals surface area contributed by atoms with Crippen molar-refractivity contribution < 1.29 is 19.0 Å². The third-order valence-corrected chi connectivity index (χ3v) is 3.68. The molecule has 0 aliphatic carbocycles. The fraction of sp³-hybridized carbons (Fsp3) is 0.438. The van der Waals surface area contributed by atoms with Gasteiger partial charge in [-0.05, 0) is 17.7 Å². The van der Waals surface area contributed by atoms with Crippen LogP contribution in [0, 0.1) is 0 Å². The lowest BCUT2D eigenvalue weighted by atomic mass is 10.1. The van der Waals surface area contributed by atoms with E-state index in [-0.39, 0.29) is 11.9 Å². The van der Waals surface area contributed by atoms with Gasteiger partial charge in [0.15, 0.2) is 17.7 Å². The fourth-order valence-electron chi connectivity index (χ4n) is 2.53. The van der Waals surface area contributed by atoms with Crippen molar-refractivity contribution >= 4 is 5.78 Å². The van der Waals surface area contributed by atoms with Crippen LogP contribution in [-0.4, -0.2) is 30.4 Å². The second kappa shape index (κ2) is 5.48. The van der Waals surface area contributed by atoms with E-state index in [9.17, 15) is 4.79 Å². The molecule has 0 aromatic heterocycles. The molecule has 1 aromatic carbocycles. The van der Waals surface area contributed by atoms with Crippen LogP contribution in [0.4, 0.5) is 0 Å². The lowest BCUT2D eigenvalue weighted by molar-refractivity contribution is -0.154. The number of rotatable bonds is 5. The lowest BCUT2D eigenvalue weighted by Gasteiger charge is -2.24. The number of ether oxygens (including phenoxy) is 3. The first-order valence-electron chi connectivity index (χ1n) is 6.93. The predicted molar refractivity (Wildman–Crippen MR) is 73.0 cm³/mol. The van der Waals surface area contributed by atoms with Crippen LogP contribution in [0.2, 0.25) is 0 Å². The number of carbonyl (C=O) groups is 1. The summed E-state index contributed by atoms with van der Waals surface area (Å²) in [6.45, 7) is 2.84. The second-order valence-corrected chi connectivity index (χ2v) is 5.10. The highest BCUT2D eigenvalue weighted by molar-refractivity contribution is 5.95. The standard InChI is InChI=1S/C16H18O4/c1-2-16-9-8-13(17)15(20-16)14(19-16)11-18-10-12-6-4-3-5-7-12/h3-9,14-15H,2,10-11H2,1H3/t14-,15-,16+/m0/s1. The van der Waals surface area contributed by atoms with Gasteiger partial charge >= 0.3 is 0 Å². The molecular formula is C16H18O4. The van der Waals surface area contributed by atoms with Gasteiger partial charge in [0.25, 0.3) is 0 Å². The van der Waals surface area contributed by atoms with E-state index in [1.807, 2.05) is 37.3 Å². The maximum absolute atomic E-state index is 11.8. The molecule has 1 saturated heterocycles. The molecule has 0 spiro atoms. The fourth-order valence-corrected chi connectivity index (χ4v) is 2.53. The van der Waals surface area contributed by atoms with Gasteiger partial charge in [-0.25, -0.2) is 0 Å². The Hall–Kier alpha value is -1.49. The molecule has 0 amide bonds. The van der Waals surface area contributed by atoms with Gasteiger partial charge in [-0.3, -0.25) is 4.79 Å². The molecule has 1 fully saturated rings. The maximum atomic E-state index is 11.8. The molecule has 2 heterocycles. The number of hydrogen-bond donors (Lipinski definition) is 0. The third-order valence-electron chi connectivity index (χ3n) is 3.68. The van der Waals surface area contributed by atoms with Crippen molar-refractivity contribution in [3.05, 3.63) is 48.0 Å². The second-order valence-electron chi connectivity index (χ2n) is 5.10. The van der Waals surface area contributed by atoms with E-state index in [0.717, 1.165) is 5.56 Å². The number of carbonyl (C=O) groups excluding carboxylic acids is 1. The molecule has 1 aromatic rings. The summed E-state index contributed by atoms with van der Waals surface area (Å²) in [6, 6.07) is 9.92. The molecule has 20 heavy (non-hydrogen) atoms. The Balaban J connectivity index is 1.58. The molecule has 3 rings (SSSR count). The molecule has 2 aliphatic rings. The topological polar surface area (TPSA) is 44.8 Å². The average Bonchev–Trinajstić information content (AvgIpc) is 2.80. The van der Waals surface area contributed by atoms with Crippen LogP contribution in [0.15, 0.2) is 42.5 Å². The Morgan fingerprint density at radius 2 is 2.05 bits per heavy atom. The third kappa shape index (κ3) is 2.54. The Morgan fingerprint density at radius 1 is 1.25 bits per heavy atom. The van der Waals surface area contributed by atoms with E-state index in [1.54, 1.807) is 12.2 Å². The minimum Gasteiger partial charge on any atom is -0.374 e. The van der Waals surface area contributed by atoms with Crippen LogP contribution in [-0.2, 0) is 25.6 Å². The summed E-state index contributed by atoms with van der Waals surface area (Å²) in [5.74, 6) is -0.779. The molecular weight excluding hydrogens is 256 g/mol. The lowest BCUT2D eigenvalue weighted by Crippen LogP contribution is -2.35. The quantitative estimate of drug-likeness (QED) is 0.826. The predicted octanol–water partition coefficient (Wildman–Crippen LogP) is 2.23. The maximum Gasteiger partial charge on any atom is 0.189 e. The minimum atomic E-state index is -0.737. The van der Waals surface area contributed by atoms with Crippen LogP contribution in [0.5, 0.6) is 0 Å². The zero-order chi connectivity index (χ0) is 14.0. The normalized spacial score (nSPS) is 31.8. The van der Waals surface area contributed by atoms with Crippen molar-refractivity contribution in [3.63, 3.8) is 0 Å². The van der Waals surface area contributed by atoms with E-state index in [0.29, 0.717) is 19.6 Å². The summed E-state index contributed by atoms with van der Waals surface area (Å²) in [4.78, 5) is 11.8. The smallest absolute Gasteiger partial charge is 0.189 e. The van der Waals surface area contributed by atoms with Gasteiger partial charge < -0.3 is 14.2 Å². The summed E-state index contributed by atoms with van der Waals surface area (Å²) < 4.78 is 17.3. The highest BCUT2D eigenvalue weighted by Crippen LogP contribution is 2.36. The highest BCUT2D eigenvalue weighted by atomic mass is 16.8. The zero-order valence-electron chi connectivity index (χ0n) is 11.5. The van der Waals surface area contributed by atoms with E-state index in [2.05, 4.69) is 0 Å². The van der Waals surface area contributed by atoms with Crippen molar-refractivity contribution in [2.75, 3.05) is 6.61 Å². The Labute approximate surface area is 118 Å². The molecule has 4 nitrogen and oxygen atoms in total. The highest BCUT2D eigenvalue weighted by Gasteiger charge is 2.50. The molecule has 0 saturated carbocycles. The summed E-state index contributed by atoms with van der Waals surface area (Å²) in [6.07, 6.45) is 3.09. The van der Waals surface area contributed by atoms with Gasteiger partial charge in [0.2, 0.25) is 0 Å². The number of benzene rings is 1. The van der Waals surface area contributed by atoms with Crippen LogP contribution >= 0.6 is 0 Å². The monoisotopic (exact) mass is 274 g/mol. The van der Waals surface area contributed by atoms with Crippen molar-refractivity contribution in [2.24, 2.45) is 0 Å². The van der Waals surface area contributed by atoms with Crippen molar-refractivity contribution in [1.29, 1.82) is 0 Å². The zero-order valence-corrected chi connectivity index (χ0v) is 11.5. The molecule has 4 heteroatoms. The molecule has 106 valence electrons. The van der Waals surface area contributed by atoms with Crippen molar-refractivity contribution in [1.82, 2.24) is 0 Å². The van der Waals surface area contributed by atoms with Crippen LogP contribution in [0.1, 0.15) is 18.9 Å². The molecule has 0 N–H and O–H groups in total. The molecule has 0 unspecified atom stereocenters. The molecule has 0 radical (unpaired) electrons. The van der Waals surface area contributed by atoms with E-state index in [1.165, 1.54) is 0 Å². The van der Waals surface area contributed by atoms with E-state index < -0.39 is 11.9 Å². The van der Waals surface area contributed by atoms with Crippen molar-refractivity contribution in [2.45, 2.75) is 37.9 Å². The average molecular weight is 274 g/mol. The van der Waals surface area contributed by atoms with Gasteiger partial charge in [0.1, 0.15) is 6.10 Å². The van der Waals surface area contributed by atoms with Crippen LogP contribution in [0.25, 0.3) is 0 Å². The van der Waals surface area contributed by atoms with Gasteiger partial charge in [-0.2, -0.15) is 0 Å². The summed E-state index contributed by atoms with van der Waals surface area (Å²) in [5, 5.41) is 0. The number of ketones is 1. The molecule has 2 aliphatic heterocycles. The first-order chi connectivity index (χ1) is 9.72. The summed E-state index contributed by atoms with van der Waals surface area (Å²) >= 11 is 0. The van der Waals surface area contributed by atoms with Crippen molar-refractivity contribution in [3.8, 4) is 0 Å². The Bertz CT molecular complexity index is 510. The largest absolute Gasteiger partial charge is 0.374 e. The van der Waals surface area contributed by atoms with Gasteiger partial charge in [-0.15, -0.1) is 0 Å². The minimum absolute atomic E-state index is 0.0418. The van der Waals surface area contributed by atoms with Gasteiger partial charge in [0, 0.05) is 6.42 Å². The number of hydrogen-bond acceptors (Lipinski definition) is 4. The van der Waals surface area contributed by atoms with Crippen LogP contribution < -0.4 is 0 Å². The summed E-state index contributed by atoms with van der Waals surface area (Å²) in [5.41, 5.74) is 1.10. The SMILES string of the molecule is CC[C@]12C=CC(=O)[C@H](O1)[C@H](COCc1ccccc1)O2. The summed E-state index contributed by atoms with van der Waals surface area (Å²) in [7, 11) is 0. The number of fused-ring (bicyclic) bond motifs is 2. The Kier molecular flexibility index (Phi) is 3.70. The Morgan fingerprint density at radius 3 is 2.80 bits per heavy atom. The molecule has 3 atom stereocenters. The first-order valence-corrected chi connectivity index (χ1v) is 6.93. The molecule has 2 bridgehead atoms. The van der Waals surface area contributed by atoms with E-state index >= 15 is 0 Å². The first kappa shape index (κ1) is 13.5.